The summed E-state index contributed by atoms with van der Waals surface area (Å²) < 4.78 is 0. The van der Waals surface area contributed by atoms with Gasteiger partial charge in [-0.2, -0.15) is 0 Å². The molecule has 2 atom stereocenters. The summed E-state index contributed by atoms with van der Waals surface area (Å²) in [6.45, 7) is 4.29. The van der Waals surface area contributed by atoms with Gasteiger partial charge in [-0.3, -0.25) is 9.98 Å². The van der Waals surface area contributed by atoms with E-state index in [-0.39, 0.29) is 12.1 Å². The van der Waals surface area contributed by atoms with Gasteiger partial charge in [0.15, 0.2) is 0 Å². The first-order valence-electron chi connectivity index (χ1n) is 7.33. The third kappa shape index (κ3) is 2.53. The lowest BCUT2D eigenvalue weighted by Crippen LogP contribution is -2.37. The van der Waals surface area contributed by atoms with E-state index in [1.807, 2.05) is 18.5 Å². The summed E-state index contributed by atoms with van der Waals surface area (Å²) in [5.74, 6) is 0. The van der Waals surface area contributed by atoms with Crippen molar-refractivity contribution in [2.45, 2.75) is 45.2 Å². The molecule has 20 heavy (non-hydrogen) atoms. The SMILES string of the molecule is CC1=CC=CNC1C1=N[C@H](c2ncccc2C)CCC1. The van der Waals surface area contributed by atoms with Crippen LogP contribution >= 0.6 is 0 Å². The lowest BCUT2D eigenvalue weighted by atomic mass is 9.91. The molecular formula is C17H21N3. The molecule has 0 aromatic carbocycles. The van der Waals surface area contributed by atoms with Gasteiger partial charge in [-0.25, -0.2) is 0 Å². The lowest BCUT2D eigenvalue weighted by molar-refractivity contribution is 0.566. The van der Waals surface area contributed by atoms with Crippen molar-refractivity contribution >= 4 is 5.71 Å². The predicted molar refractivity (Wildman–Crippen MR) is 82.8 cm³/mol. The van der Waals surface area contributed by atoms with E-state index in [0.717, 1.165) is 18.5 Å². The monoisotopic (exact) mass is 267 g/mol. The molecule has 3 nitrogen and oxygen atoms in total. The van der Waals surface area contributed by atoms with Crippen LogP contribution in [0.5, 0.6) is 0 Å². The second kappa shape index (κ2) is 5.61. The zero-order valence-corrected chi connectivity index (χ0v) is 12.1. The molecule has 1 unspecified atom stereocenters. The maximum absolute atomic E-state index is 5.00. The van der Waals surface area contributed by atoms with E-state index in [1.165, 1.54) is 23.3 Å². The highest BCUT2D eigenvalue weighted by molar-refractivity contribution is 5.93. The average Bonchev–Trinajstić information content (AvgIpc) is 2.48. The Morgan fingerprint density at radius 2 is 2.20 bits per heavy atom. The molecule has 0 saturated carbocycles. The first-order valence-corrected chi connectivity index (χ1v) is 7.33. The van der Waals surface area contributed by atoms with E-state index in [4.69, 9.17) is 4.99 Å². The van der Waals surface area contributed by atoms with Gasteiger partial charge in [-0.05, 0) is 62.6 Å². The number of dihydropyridines is 1. The molecule has 1 N–H and O–H groups in total. The Morgan fingerprint density at radius 1 is 1.30 bits per heavy atom. The van der Waals surface area contributed by atoms with Crippen molar-refractivity contribution in [1.29, 1.82) is 0 Å². The van der Waals surface area contributed by atoms with Gasteiger partial charge in [-0.15, -0.1) is 0 Å². The van der Waals surface area contributed by atoms with Crippen LogP contribution in [-0.4, -0.2) is 16.7 Å². The largest absolute Gasteiger partial charge is 0.379 e. The van der Waals surface area contributed by atoms with Crippen LogP contribution in [0.15, 0.2) is 47.2 Å². The smallest absolute Gasteiger partial charge is 0.0922 e. The fourth-order valence-corrected chi connectivity index (χ4v) is 3.01. The van der Waals surface area contributed by atoms with Crippen LogP contribution in [-0.2, 0) is 0 Å². The Kier molecular flexibility index (Phi) is 3.68. The molecule has 3 heterocycles. The van der Waals surface area contributed by atoms with Crippen molar-refractivity contribution in [3.8, 4) is 0 Å². The first kappa shape index (κ1) is 13.1. The minimum absolute atomic E-state index is 0.223. The summed E-state index contributed by atoms with van der Waals surface area (Å²) in [6.07, 6.45) is 11.5. The van der Waals surface area contributed by atoms with Crippen LogP contribution in [0, 0.1) is 6.92 Å². The number of rotatable bonds is 2. The Hall–Kier alpha value is -1.90. The van der Waals surface area contributed by atoms with Gasteiger partial charge >= 0.3 is 0 Å². The quantitative estimate of drug-likeness (QED) is 0.890. The number of aromatic nitrogens is 1. The minimum Gasteiger partial charge on any atom is -0.379 e. The fraction of sp³-hybridized carbons (Fsp3) is 0.412. The van der Waals surface area contributed by atoms with Gasteiger partial charge < -0.3 is 5.32 Å². The lowest BCUT2D eigenvalue weighted by Gasteiger charge is -2.28. The summed E-state index contributed by atoms with van der Waals surface area (Å²) in [4.78, 5) is 9.55. The fourth-order valence-electron chi connectivity index (χ4n) is 3.01. The maximum Gasteiger partial charge on any atom is 0.0922 e. The van der Waals surface area contributed by atoms with Crippen LogP contribution in [0.25, 0.3) is 0 Å². The third-order valence-corrected chi connectivity index (χ3v) is 4.10. The van der Waals surface area contributed by atoms with Crippen molar-refractivity contribution < 1.29 is 0 Å². The van der Waals surface area contributed by atoms with Crippen LogP contribution in [0.2, 0.25) is 0 Å². The van der Waals surface area contributed by atoms with E-state index in [9.17, 15) is 0 Å². The zero-order chi connectivity index (χ0) is 13.9. The van der Waals surface area contributed by atoms with E-state index in [1.54, 1.807) is 0 Å². The molecule has 0 bridgehead atoms. The second-order valence-electron chi connectivity index (χ2n) is 5.60. The van der Waals surface area contributed by atoms with Gasteiger partial charge in [0.1, 0.15) is 0 Å². The number of allylic oxidation sites excluding steroid dienone is 2. The number of aliphatic imine (C=N–C) groups is 1. The van der Waals surface area contributed by atoms with Crippen molar-refractivity contribution in [2.24, 2.45) is 4.99 Å². The average molecular weight is 267 g/mol. The first-order chi connectivity index (χ1) is 9.75. The Labute approximate surface area is 120 Å². The van der Waals surface area contributed by atoms with Gasteiger partial charge in [0.05, 0.1) is 17.8 Å². The van der Waals surface area contributed by atoms with Gasteiger partial charge in [0.2, 0.25) is 0 Å². The number of hydrogen-bond donors (Lipinski definition) is 1. The molecule has 0 spiro atoms. The van der Waals surface area contributed by atoms with Gasteiger partial charge in [0.25, 0.3) is 0 Å². The maximum atomic E-state index is 5.00. The second-order valence-corrected chi connectivity index (χ2v) is 5.60. The molecule has 0 aliphatic carbocycles. The summed E-state index contributed by atoms with van der Waals surface area (Å²) in [7, 11) is 0. The topological polar surface area (TPSA) is 37.3 Å². The van der Waals surface area contributed by atoms with E-state index in [0.29, 0.717) is 0 Å². The molecule has 0 radical (unpaired) electrons. The predicted octanol–water partition coefficient (Wildman–Crippen LogP) is 3.49. The molecule has 1 aromatic rings. The van der Waals surface area contributed by atoms with Crippen LogP contribution in [0.4, 0.5) is 0 Å². The molecule has 0 fully saturated rings. The highest BCUT2D eigenvalue weighted by Crippen LogP contribution is 2.30. The van der Waals surface area contributed by atoms with Crippen LogP contribution in [0.1, 0.15) is 43.5 Å². The highest BCUT2D eigenvalue weighted by Gasteiger charge is 2.25. The van der Waals surface area contributed by atoms with Crippen molar-refractivity contribution in [2.75, 3.05) is 0 Å². The van der Waals surface area contributed by atoms with E-state index < -0.39 is 0 Å². The standard InChI is InChI=1S/C17H21N3/c1-12-6-4-10-18-16(12)14-8-3-9-15(20-14)17-13(2)7-5-11-19-17/h4-7,10-11,14,17,19H,3,8-9H2,1-2H3/t14-,17?/m0/s1. The molecular weight excluding hydrogens is 246 g/mol. The molecule has 2 aliphatic heterocycles. The molecule has 104 valence electrons. The van der Waals surface area contributed by atoms with Crippen molar-refractivity contribution in [1.82, 2.24) is 10.3 Å². The Bertz CT molecular complexity index is 584. The number of aryl methyl sites for hydroxylation is 1. The summed E-state index contributed by atoms with van der Waals surface area (Å²) >= 11 is 0. The molecule has 3 rings (SSSR count). The number of pyridine rings is 1. The number of hydrogen-bond acceptors (Lipinski definition) is 3. The summed E-state index contributed by atoms with van der Waals surface area (Å²) in [5.41, 5.74) is 4.98. The zero-order valence-electron chi connectivity index (χ0n) is 12.1. The Balaban J connectivity index is 1.88. The molecule has 2 aliphatic rings. The van der Waals surface area contributed by atoms with E-state index >= 15 is 0 Å². The van der Waals surface area contributed by atoms with Gasteiger partial charge in [-0.1, -0.05) is 12.1 Å². The Morgan fingerprint density at radius 3 is 3.00 bits per heavy atom. The van der Waals surface area contributed by atoms with Crippen molar-refractivity contribution in [3.05, 3.63) is 53.5 Å². The highest BCUT2D eigenvalue weighted by atomic mass is 15.0. The van der Waals surface area contributed by atoms with Crippen LogP contribution in [0.3, 0.4) is 0 Å². The third-order valence-electron chi connectivity index (χ3n) is 4.10. The molecule has 0 saturated heterocycles. The van der Waals surface area contributed by atoms with Crippen LogP contribution < -0.4 is 5.32 Å². The molecule has 1 aromatic heterocycles. The minimum atomic E-state index is 0.223. The summed E-state index contributed by atoms with van der Waals surface area (Å²) in [5, 5.41) is 3.43. The van der Waals surface area contributed by atoms with Crippen molar-refractivity contribution in [3.63, 3.8) is 0 Å². The summed E-state index contributed by atoms with van der Waals surface area (Å²) in [6, 6.07) is 4.61. The molecule has 0 amide bonds. The van der Waals surface area contributed by atoms with E-state index in [2.05, 4.69) is 42.4 Å². The number of nitrogens with zero attached hydrogens (tertiary/aromatic N) is 2. The normalized spacial score (nSPS) is 25.7. The van der Waals surface area contributed by atoms with Gasteiger partial charge in [0, 0.05) is 11.9 Å². The molecule has 3 heteroatoms. The number of nitrogens with one attached hydrogen (secondary N) is 1.